The molecule has 0 atom stereocenters. The topological polar surface area (TPSA) is 114 Å². The summed E-state index contributed by atoms with van der Waals surface area (Å²) in [5.41, 5.74) is 7.04. The van der Waals surface area contributed by atoms with Crippen molar-refractivity contribution in [1.29, 1.82) is 0 Å². The lowest BCUT2D eigenvalue weighted by atomic mass is 10.1. The first-order valence-electron chi connectivity index (χ1n) is 11.1. The molecule has 33 heavy (non-hydrogen) atoms. The largest absolute Gasteiger partial charge is 0.383 e. The second-order valence-electron chi connectivity index (χ2n) is 8.48. The van der Waals surface area contributed by atoms with Crippen LogP contribution in [-0.4, -0.2) is 32.7 Å². The number of carbonyl (C=O) groups excluding carboxylic acids is 1. The third-order valence-corrected chi connectivity index (χ3v) is 6.21. The number of rotatable bonds is 9. The second kappa shape index (κ2) is 10.7. The minimum absolute atomic E-state index is 0.0200. The van der Waals surface area contributed by atoms with Crippen molar-refractivity contribution in [3.63, 3.8) is 0 Å². The molecule has 1 amide bonds. The van der Waals surface area contributed by atoms with Crippen LogP contribution in [0.25, 0.3) is 10.9 Å². The number of pyridine rings is 1. The van der Waals surface area contributed by atoms with Gasteiger partial charge in [-0.2, -0.15) is 0 Å². The molecule has 2 heterocycles. The number of nitrogens with two attached hydrogens (primary N) is 1. The summed E-state index contributed by atoms with van der Waals surface area (Å²) in [5, 5.41) is 1.81. The first kappa shape index (κ1) is 24.6. The van der Waals surface area contributed by atoms with Gasteiger partial charge in [-0.05, 0) is 37.0 Å². The number of aryl methyl sites for hydroxylation is 1. The van der Waals surface area contributed by atoms with Crippen molar-refractivity contribution < 1.29 is 4.79 Å². The fourth-order valence-corrected chi connectivity index (χ4v) is 4.52. The van der Waals surface area contributed by atoms with Gasteiger partial charge in [-0.25, -0.2) is 9.78 Å². The summed E-state index contributed by atoms with van der Waals surface area (Å²) in [6, 6.07) is 9.83. The zero-order valence-corrected chi connectivity index (χ0v) is 20.4. The van der Waals surface area contributed by atoms with Crippen LogP contribution < -0.4 is 21.9 Å². The number of fused-ring (bicyclic) bond motifs is 1. The Balaban J connectivity index is 1.91. The summed E-state index contributed by atoms with van der Waals surface area (Å²) in [4.78, 5) is 46.7. The summed E-state index contributed by atoms with van der Waals surface area (Å²) in [6.07, 6.45) is 1.54. The van der Waals surface area contributed by atoms with E-state index in [1.54, 1.807) is 0 Å². The van der Waals surface area contributed by atoms with Crippen molar-refractivity contribution in [3.8, 4) is 0 Å². The fourth-order valence-electron chi connectivity index (χ4n) is 3.67. The van der Waals surface area contributed by atoms with Crippen molar-refractivity contribution in [2.75, 3.05) is 22.9 Å². The van der Waals surface area contributed by atoms with Gasteiger partial charge in [0.15, 0.2) is 5.69 Å². The van der Waals surface area contributed by atoms with E-state index in [1.165, 1.54) is 21.2 Å². The molecule has 3 aromatic rings. The van der Waals surface area contributed by atoms with Gasteiger partial charge in [0.05, 0.1) is 16.3 Å². The lowest BCUT2D eigenvalue weighted by molar-refractivity contribution is -0.116. The highest BCUT2D eigenvalue weighted by Crippen LogP contribution is 2.25. The van der Waals surface area contributed by atoms with Crippen molar-refractivity contribution >= 4 is 40.1 Å². The number of para-hydroxylation sites is 1. The maximum Gasteiger partial charge on any atom is 0.330 e. The van der Waals surface area contributed by atoms with Gasteiger partial charge in [0.2, 0.25) is 5.91 Å². The van der Waals surface area contributed by atoms with Gasteiger partial charge in [0, 0.05) is 18.5 Å². The van der Waals surface area contributed by atoms with Crippen molar-refractivity contribution in [2.24, 2.45) is 5.92 Å². The molecule has 0 unspecified atom stereocenters. The Morgan fingerprint density at radius 3 is 2.70 bits per heavy atom. The molecule has 0 fully saturated rings. The standard InChI is InChI=1S/C24H31N5O3S/c1-5-6-11-28(21-22(25)29(13-15(2)3)24(32)27-23(21)31)20(30)14-33-19-12-16(4)17-9-7-8-10-18(17)26-19/h7-10,12,15H,5-6,11,13-14,25H2,1-4H3,(H,27,31,32). The van der Waals surface area contributed by atoms with Gasteiger partial charge in [0.1, 0.15) is 5.82 Å². The van der Waals surface area contributed by atoms with Crippen LogP contribution in [0.15, 0.2) is 44.9 Å². The molecule has 0 spiro atoms. The lowest BCUT2D eigenvalue weighted by Crippen LogP contribution is -2.42. The number of nitrogens with one attached hydrogen (secondary N) is 1. The Bertz CT molecular complexity index is 1270. The Morgan fingerprint density at radius 1 is 1.27 bits per heavy atom. The number of amides is 1. The number of benzene rings is 1. The zero-order chi connectivity index (χ0) is 24.1. The molecule has 2 aromatic heterocycles. The first-order valence-corrected chi connectivity index (χ1v) is 12.1. The molecule has 8 nitrogen and oxygen atoms in total. The smallest absolute Gasteiger partial charge is 0.330 e. The number of nitrogens with zero attached hydrogens (tertiary/aromatic N) is 3. The maximum atomic E-state index is 13.3. The van der Waals surface area contributed by atoms with E-state index in [1.807, 2.05) is 58.0 Å². The number of carbonyl (C=O) groups is 1. The highest BCUT2D eigenvalue weighted by Gasteiger charge is 2.24. The number of hydrogen-bond acceptors (Lipinski definition) is 6. The van der Waals surface area contributed by atoms with Gasteiger partial charge in [0.25, 0.3) is 5.56 Å². The highest BCUT2D eigenvalue weighted by atomic mass is 32.2. The van der Waals surface area contributed by atoms with Crippen LogP contribution in [0.2, 0.25) is 0 Å². The van der Waals surface area contributed by atoms with E-state index in [0.29, 0.717) is 19.5 Å². The van der Waals surface area contributed by atoms with Crippen LogP contribution >= 0.6 is 11.8 Å². The number of unbranched alkanes of at least 4 members (excludes halogenated alkanes) is 1. The summed E-state index contributed by atoms with van der Waals surface area (Å²) < 4.78 is 1.33. The summed E-state index contributed by atoms with van der Waals surface area (Å²) in [6.45, 7) is 8.61. The second-order valence-corrected chi connectivity index (χ2v) is 9.48. The Hall–Kier alpha value is -3.07. The Morgan fingerprint density at radius 2 is 2.00 bits per heavy atom. The van der Waals surface area contributed by atoms with Crippen molar-refractivity contribution in [2.45, 2.75) is 52.1 Å². The van der Waals surface area contributed by atoms with Crippen molar-refractivity contribution in [1.82, 2.24) is 14.5 Å². The lowest BCUT2D eigenvalue weighted by Gasteiger charge is -2.24. The van der Waals surface area contributed by atoms with E-state index in [2.05, 4.69) is 9.97 Å². The molecular weight excluding hydrogens is 438 g/mol. The highest BCUT2D eigenvalue weighted by molar-refractivity contribution is 7.99. The van der Waals surface area contributed by atoms with E-state index in [4.69, 9.17) is 5.73 Å². The molecule has 3 rings (SSSR count). The molecule has 176 valence electrons. The molecule has 1 aromatic carbocycles. The number of anilines is 2. The molecule has 9 heteroatoms. The van der Waals surface area contributed by atoms with Crippen LogP contribution in [0.3, 0.4) is 0 Å². The van der Waals surface area contributed by atoms with Gasteiger partial charge in [-0.3, -0.25) is 19.1 Å². The molecule has 0 aliphatic heterocycles. The number of H-pyrrole nitrogens is 1. The fraction of sp³-hybridized carbons (Fsp3) is 0.417. The molecule has 0 aliphatic carbocycles. The average Bonchev–Trinajstić information content (AvgIpc) is 2.77. The Labute approximate surface area is 197 Å². The van der Waals surface area contributed by atoms with Gasteiger partial charge < -0.3 is 10.6 Å². The van der Waals surface area contributed by atoms with Gasteiger partial charge in [-0.15, -0.1) is 0 Å². The first-order chi connectivity index (χ1) is 15.7. The minimum Gasteiger partial charge on any atom is -0.383 e. The number of thioether (sulfide) groups is 1. The minimum atomic E-state index is -0.647. The number of hydrogen-bond donors (Lipinski definition) is 2. The molecular formula is C24H31N5O3S. The summed E-state index contributed by atoms with van der Waals surface area (Å²) in [5.74, 6) is -0.00246. The van der Waals surface area contributed by atoms with Crippen LogP contribution in [0.1, 0.15) is 39.2 Å². The molecule has 0 radical (unpaired) electrons. The van der Waals surface area contributed by atoms with Crippen molar-refractivity contribution in [3.05, 3.63) is 56.7 Å². The maximum absolute atomic E-state index is 13.3. The van der Waals surface area contributed by atoms with E-state index >= 15 is 0 Å². The average molecular weight is 470 g/mol. The Kier molecular flexibility index (Phi) is 7.97. The molecule has 0 aliphatic rings. The normalized spacial score (nSPS) is 11.3. The predicted octanol–water partition coefficient (Wildman–Crippen LogP) is 3.56. The molecule has 3 N–H and O–H groups in total. The summed E-state index contributed by atoms with van der Waals surface area (Å²) in [7, 11) is 0. The number of nitrogen functional groups attached to an aromatic ring is 1. The third-order valence-electron chi connectivity index (χ3n) is 5.31. The van der Waals surface area contributed by atoms with E-state index in [-0.39, 0.29) is 29.1 Å². The quantitative estimate of drug-likeness (QED) is 0.463. The molecule has 0 bridgehead atoms. The van der Waals surface area contributed by atoms with Crippen LogP contribution in [0, 0.1) is 12.8 Å². The SMILES string of the molecule is CCCCN(C(=O)CSc1cc(C)c2ccccc2n1)c1c(N)n(CC(C)C)c(=O)[nH]c1=O. The molecule has 0 saturated carbocycles. The number of aromatic amines is 1. The van der Waals surface area contributed by atoms with E-state index in [0.717, 1.165) is 27.9 Å². The number of aromatic nitrogens is 3. The van der Waals surface area contributed by atoms with Crippen LogP contribution in [0.4, 0.5) is 11.5 Å². The zero-order valence-electron chi connectivity index (χ0n) is 19.6. The van der Waals surface area contributed by atoms with Gasteiger partial charge in [-0.1, -0.05) is 57.2 Å². The van der Waals surface area contributed by atoms with Gasteiger partial charge >= 0.3 is 5.69 Å². The van der Waals surface area contributed by atoms with E-state index in [9.17, 15) is 14.4 Å². The third kappa shape index (κ3) is 5.65. The van der Waals surface area contributed by atoms with E-state index < -0.39 is 11.2 Å². The van der Waals surface area contributed by atoms with Crippen LogP contribution in [-0.2, 0) is 11.3 Å². The monoisotopic (exact) mass is 469 g/mol. The van der Waals surface area contributed by atoms with Crippen LogP contribution in [0.5, 0.6) is 0 Å². The predicted molar refractivity (Wildman–Crippen MR) is 135 cm³/mol. The molecule has 0 saturated heterocycles. The summed E-state index contributed by atoms with van der Waals surface area (Å²) >= 11 is 1.32.